The molecule has 2 atom stereocenters. The van der Waals surface area contributed by atoms with E-state index in [1.54, 1.807) is 43.9 Å². The second kappa shape index (κ2) is 8.46. The molecule has 0 bridgehead atoms. The molecule has 0 spiro atoms. The van der Waals surface area contributed by atoms with Crippen LogP contribution < -0.4 is 15.0 Å². The molecule has 164 valence electrons. The SMILES string of the molecule is COc1ccccc1N1C(=NC(=O)CNC(=O)OC(C)(C)C)S[C@H]2CS(=O)(=O)C[C@H]21. The number of thioether (sulfide) groups is 1. The normalized spacial score (nSPS) is 23.9. The van der Waals surface area contributed by atoms with Gasteiger partial charge in [-0.3, -0.25) is 4.79 Å². The third kappa shape index (κ3) is 5.25. The first-order valence-corrected chi connectivity index (χ1v) is 12.1. The lowest BCUT2D eigenvalue weighted by Gasteiger charge is -2.26. The summed E-state index contributed by atoms with van der Waals surface area (Å²) in [4.78, 5) is 30.1. The monoisotopic (exact) mass is 455 g/mol. The molecular formula is C19H25N3O6S2. The third-order valence-electron chi connectivity index (χ3n) is 4.41. The molecule has 0 aromatic heterocycles. The number of nitrogens with one attached hydrogen (secondary N) is 1. The zero-order valence-electron chi connectivity index (χ0n) is 17.2. The Morgan fingerprint density at radius 1 is 1.27 bits per heavy atom. The maximum atomic E-state index is 12.4. The highest BCUT2D eigenvalue weighted by molar-refractivity contribution is 8.16. The van der Waals surface area contributed by atoms with Crippen molar-refractivity contribution >= 4 is 44.5 Å². The predicted octanol–water partition coefficient (Wildman–Crippen LogP) is 1.82. The summed E-state index contributed by atoms with van der Waals surface area (Å²) in [7, 11) is -1.65. The number of hydrogen-bond acceptors (Lipinski definition) is 7. The molecule has 0 saturated carbocycles. The molecule has 2 amide bonds. The van der Waals surface area contributed by atoms with Gasteiger partial charge in [-0.05, 0) is 32.9 Å². The van der Waals surface area contributed by atoms with Crippen LogP contribution in [-0.2, 0) is 19.4 Å². The Kier molecular flexibility index (Phi) is 6.32. The Hall–Kier alpha value is -2.27. The molecule has 2 saturated heterocycles. The highest BCUT2D eigenvalue weighted by atomic mass is 32.2. The van der Waals surface area contributed by atoms with Gasteiger partial charge in [0.15, 0.2) is 15.0 Å². The van der Waals surface area contributed by atoms with Crippen LogP contribution in [0.3, 0.4) is 0 Å². The van der Waals surface area contributed by atoms with Gasteiger partial charge in [0.2, 0.25) is 0 Å². The molecule has 11 heteroatoms. The highest BCUT2D eigenvalue weighted by Crippen LogP contribution is 2.43. The van der Waals surface area contributed by atoms with Crippen LogP contribution in [0.2, 0.25) is 0 Å². The van der Waals surface area contributed by atoms with Crippen LogP contribution in [0.4, 0.5) is 10.5 Å². The summed E-state index contributed by atoms with van der Waals surface area (Å²) in [6.07, 6.45) is -0.709. The van der Waals surface area contributed by atoms with Gasteiger partial charge < -0.3 is 19.7 Å². The number of carbonyl (C=O) groups is 2. The van der Waals surface area contributed by atoms with Crippen LogP contribution >= 0.6 is 11.8 Å². The molecule has 1 N–H and O–H groups in total. The lowest BCUT2D eigenvalue weighted by Crippen LogP contribution is -2.39. The van der Waals surface area contributed by atoms with E-state index in [0.29, 0.717) is 16.6 Å². The average Bonchev–Trinajstić information content (AvgIpc) is 3.09. The van der Waals surface area contributed by atoms with Crippen LogP contribution in [0.15, 0.2) is 29.3 Å². The van der Waals surface area contributed by atoms with Gasteiger partial charge in [-0.15, -0.1) is 0 Å². The highest BCUT2D eigenvalue weighted by Gasteiger charge is 2.50. The largest absolute Gasteiger partial charge is 0.495 e. The minimum atomic E-state index is -3.17. The Balaban J connectivity index is 1.82. The fourth-order valence-corrected chi connectivity index (χ4v) is 7.21. The minimum absolute atomic E-state index is 0.0217. The van der Waals surface area contributed by atoms with Crippen molar-refractivity contribution in [3.05, 3.63) is 24.3 Å². The molecule has 2 heterocycles. The first-order valence-electron chi connectivity index (χ1n) is 9.37. The van der Waals surface area contributed by atoms with Crippen molar-refractivity contribution in [1.82, 2.24) is 5.32 Å². The molecule has 2 aliphatic rings. The van der Waals surface area contributed by atoms with E-state index < -0.39 is 27.4 Å². The number of rotatable bonds is 4. The summed E-state index contributed by atoms with van der Waals surface area (Å²) in [5.41, 5.74) is -0.0343. The van der Waals surface area contributed by atoms with Crippen LogP contribution in [0.1, 0.15) is 20.8 Å². The van der Waals surface area contributed by atoms with E-state index in [2.05, 4.69) is 10.3 Å². The first kappa shape index (κ1) is 22.4. The zero-order chi connectivity index (χ0) is 22.1. The van der Waals surface area contributed by atoms with Gasteiger partial charge in [0.05, 0.1) is 30.3 Å². The summed E-state index contributed by atoms with van der Waals surface area (Å²) in [6.45, 7) is 4.84. The van der Waals surface area contributed by atoms with E-state index >= 15 is 0 Å². The maximum Gasteiger partial charge on any atom is 0.408 e. The van der Waals surface area contributed by atoms with E-state index in [9.17, 15) is 18.0 Å². The number of para-hydroxylation sites is 2. The van der Waals surface area contributed by atoms with Crippen molar-refractivity contribution in [3.63, 3.8) is 0 Å². The standard InChI is InChI=1S/C19H25N3O6S2/c1-19(2,3)28-18(24)20-9-16(23)21-17-22(12-7-5-6-8-14(12)27-4)13-10-30(25,26)11-15(13)29-17/h5-8,13,15H,9-11H2,1-4H3,(H,20,24)/t13-,15+/m1/s1. The van der Waals surface area contributed by atoms with Gasteiger partial charge >= 0.3 is 6.09 Å². The van der Waals surface area contributed by atoms with E-state index in [-0.39, 0.29) is 29.3 Å². The maximum absolute atomic E-state index is 12.4. The lowest BCUT2D eigenvalue weighted by molar-refractivity contribution is -0.117. The molecule has 0 unspecified atom stereocenters. The van der Waals surface area contributed by atoms with Gasteiger partial charge in [-0.25, -0.2) is 13.2 Å². The predicted molar refractivity (Wildman–Crippen MR) is 116 cm³/mol. The summed E-state index contributed by atoms with van der Waals surface area (Å²) >= 11 is 1.25. The number of alkyl carbamates (subject to hydrolysis) is 1. The first-order chi connectivity index (χ1) is 14.0. The van der Waals surface area contributed by atoms with Crippen molar-refractivity contribution in [2.75, 3.05) is 30.1 Å². The number of aliphatic imine (C=N–C) groups is 1. The average molecular weight is 456 g/mol. The second-order valence-electron chi connectivity index (χ2n) is 7.99. The van der Waals surface area contributed by atoms with Crippen LogP contribution in [0.25, 0.3) is 0 Å². The number of hydrogen-bond donors (Lipinski definition) is 1. The van der Waals surface area contributed by atoms with Gasteiger partial charge in [-0.1, -0.05) is 23.9 Å². The number of nitrogens with zero attached hydrogens (tertiary/aromatic N) is 2. The van der Waals surface area contributed by atoms with Crippen LogP contribution in [-0.4, -0.2) is 67.6 Å². The molecular weight excluding hydrogens is 430 g/mol. The second-order valence-corrected chi connectivity index (χ2v) is 11.3. The van der Waals surface area contributed by atoms with E-state index in [0.717, 1.165) is 0 Å². The number of fused-ring (bicyclic) bond motifs is 1. The number of sulfone groups is 1. The summed E-state index contributed by atoms with van der Waals surface area (Å²) in [6, 6.07) is 6.83. The Bertz CT molecular complexity index is 971. The molecule has 2 aliphatic heterocycles. The van der Waals surface area contributed by atoms with E-state index in [1.807, 2.05) is 6.07 Å². The number of methoxy groups -OCH3 is 1. The van der Waals surface area contributed by atoms with Crippen molar-refractivity contribution in [2.24, 2.45) is 4.99 Å². The fraction of sp³-hybridized carbons (Fsp3) is 0.526. The molecule has 1 aromatic carbocycles. The molecule has 2 fully saturated rings. The minimum Gasteiger partial charge on any atom is -0.495 e. The molecule has 9 nitrogen and oxygen atoms in total. The molecule has 3 rings (SSSR count). The third-order valence-corrected chi connectivity index (χ3v) is 7.62. The number of ether oxygens (including phenoxy) is 2. The van der Waals surface area contributed by atoms with Crippen molar-refractivity contribution in [2.45, 2.75) is 37.7 Å². The number of carbonyl (C=O) groups excluding carboxylic acids is 2. The number of benzene rings is 1. The molecule has 0 radical (unpaired) electrons. The summed E-state index contributed by atoms with van der Waals surface area (Å²) in [5.74, 6) is -0.00940. The van der Waals surface area contributed by atoms with E-state index in [1.165, 1.54) is 18.9 Å². The zero-order valence-corrected chi connectivity index (χ0v) is 18.9. The Morgan fingerprint density at radius 3 is 2.63 bits per heavy atom. The van der Waals surface area contributed by atoms with Gasteiger partial charge in [0.25, 0.3) is 5.91 Å². The molecule has 1 aromatic rings. The van der Waals surface area contributed by atoms with Gasteiger partial charge in [0.1, 0.15) is 17.9 Å². The van der Waals surface area contributed by atoms with Crippen LogP contribution in [0.5, 0.6) is 5.75 Å². The summed E-state index contributed by atoms with van der Waals surface area (Å²) in [5, 5.41) is 2.55. The van der Waals surface area contributed by atoms with Crippen molar-refractivity contribution in [3.8, 4) is 5.75 Å². The smallest absolute Gasteiger partial charge is 0.408 e. The summed E-state index contributed by atoms with van der Waals surface area (Å²) < 4.78 is 34.8. The lowest BCUT2D eigenvalue weighted by atomic mass is 10.2. The molecule has 0 aliphatic carbocycles. The fourth-order valence-electron chi connectivity index (χ4n) is 3.28. The van der Waals surface area contributed by atoms with E-state index in [4.69, 9.17) is 9.47 Å². The van der Waals surface area contributed by atoms with Crippen LogP contribution in [0, 0.1) is 0 Å². The number of anilines is 1. The van der Waals surface area contributed by atoms with Crippen molar-refractivity contribution in [1.29, 1.82) is 0 Å². The van der Waals surface area contributed by atoms with Gasteiger partial charge in [-0.2, -0.15) is 4.99 Å². The van der Waals surface area contributed by atoms with Crippen molar-refractivity contribution < 1.29 is 27.5 Å². The Labute approximate surface area is 180 Å². The number of amidine groups is 1. The van der Waals surface area contributed by atoms with Gasteiger partial charge in [0, 0.05) is 5.25 Å². The molecule has 30 heavy (non-hydrogen) atoms. The Morgan fingerprint density at radius 2 is 1.97 bits per heavy atom. The quantitative estimate of drug-likeness (QED) is 0.731. The number of amides is 2. The topological polar surface area (TPSA) is 114 Å².